The fraction of sp³-hybridized carbons (Fsp3) is 0.250. The van der Waals surface area contributed by atoms with Crippen LogP contribution in [0.2, 0.25) is 9.36 Å². The number of nitrogens with one attached hydrogen (secondary N) is 1. The molecular weight excluding hydrogens is 435 g/mol. The van der Waals surface area contributed by atoms with Crippen LogP contribution in [0.4, 0.5) is 5.69 Å². The highest BCUT2D eigenvalue weighted by molar-refractivity contribution is 7.23. The Hall–Kier alpha value is -2.35. The maximum atomic E-state index is 13.0. The Kier molecular flexibility index (Phi) is 5.38. The predicted octanol–water partition coefficient (Wildman–Crippen LogP) is 4.49. The van der Waals surface area contributed by atoms with Crippen LogP contribution < -0.4 is 4.90 Å². The SMILES string of the molecule is COC(=O)CN1C(=O)C(CC(=O)c2cc3sc(Cl)c(Cl)c3[nH]2)Cc2ccccc21. The third-order valence-electron chi connectivity index (χ3n) is 4.98. The van der Waals surface area contributed by atoms with Crippen molar-refractivity contribution in [2.45, 2.75) is 12.8 Å². The van der Waals surface area contributed by atoms with E-state index in [2.05, 4.69) is 4.98 Å². The molecule has 0 bridgehead atoms. The summed E-state index contributed by atoms with van der Waals surface area (Å²) in [5, 5.41) is 0.387. The molecule has 0 radical (unpaired) electrons. The summed E-state index contributed by atoms with van der Waals surface area (Å²) in [4.78, 5) is 42.1. The number of fused-ring (bicyclic) bond motifs is 2. The average molecular weight is 451 g/mol. The first-order valence-electron chi connectivity index (χ1n) is 8.84. The zero-order valence-electron chi connectivity index (χ0n) is 15.3. The number of carbonyl (C=O) groups excluding carboxylic acids is 3. The van der Waals surface area contributed by atoms with Crippen LogP contribution in [0.1, 0.15) is 22.5 Å². The van der Waals surface area contributed by atoms with Gasteiger partial charge in [0.05, 0.1) is 28.0 Å². The number of thiophene rings is 1. The number of halogens is 2. The van der Waals surface area contributed by atoms with Crippen molar-refractivity contribution in [1.82, 2.24) is 4.98 Å². The van der Waals surface area contributed by atoms with E-state index in [0.717, 1.165) is 10.3 Å². The zero-order chi connectivity index (χ0) is 20.7. The lowest BCUT2D eigenvalue weighted by molar-refractivity contribution is -0.140. The fourth-order valence-electron chi connectivity index (χ4n) is 3.56. The summed E-state index contributed by atoms with van der Waals surface area (Å²) in [6, 6.07) is 9.07. The summed E-state index contributed by atoms with van der Waals surface area (Å²) >= 11 is 13.4. The van der Waals surface area contributed by atoms with E-state index >= 15 is 0 Å². The summed E-state index contributed by atoms with van der Waals surface area (Å²) in [6.45, 7) is -0.191. The number of carbonyl (C=O) groups is 3. The average Bonchev–Trinajstić information content (AvgIpc) is 3.24. The van der Waals surface area contributed by atoms with Crippen molar-refractivity contribution < 1.29 is 19.1 Å². The van der Waals surface area contributed by atoms with Gasteiger partial charge in [-0.15, -0.1) is 11.3 Å². The number of amides is 1. The molecular formula is C20H16Cl2N2O4S. The first-order valence-corrected chi connectivity index (χ1v) is 10.4. The monoisotopic (exact) mass is 450 g/mol. The highest BCUT2D eigenvalue weighted by Gasteiger charge is 2.35. The Morgan fingerprint density at radius 1 is 1.31 bits per heavy atom. The molecule has 1 aliphatic heterocycles. The summed E-state index contributed by atoms with van der Waals surface area (Å²) in [5.74, 6) is -1.55. The van der Waals surface area contributed by atoms with E-state index in [1.54, 1.807) is 12.1 Å². The number of ether oxygens (including phenoxy) is 1. The minimum Gasteiger partial charge on any atom is -0.468 e. The number of anilines is 1. The summed E-state index contributed by atoms with van der Waals surface area (Å²) in [7, 11) is 1.28. The number of esters is 1. The zero-order valence-corrected chi connectivity index (χ0v) is 17.7. The Bertz CT molecular complexity index is 1140. The molecule has 6 nitrogen and oxygen atoms in total. The van der Waals surface area contributed by atoms with Crippen LogP contribution >= 0.6 is 34.5 Å². The molecule has 1 atom stereocenters. The van der Waals surface area contributed by atoms with Crippen molar-refractivity contribution in [3.8, 4) is 0 Å². The number of Topliss-reactive ketones (excluding diaryl/α,β-unsaturated/α-hetero) is 1. The van der Waals surface area contributed by atoms with Crippen LogP contribution in [0.3, 0.4) is 0 Å². The van der Waals surface area contributed by atoms with Gasteiger partial charge in [-0.3, -0.25) is 14.4 Å². The number of hydrogen-bond acceptors (Lipinski definition) is 5. The van der Waals surface area contributed by atoms with Crippen molar-refractivity contribution in [3.05, 3.63) is 50.9 Å². The summed E-state index contributed by atoms with van der Waals surface area (Å²) in [6.07, 6.45) is 0.448. The Morgan fingerprint density at radius 2 is 2.07 bits per heavy atom. The molecule has 0 saturated carbocycles. The van der Waals surface area contributed by atoms with Crippen molar-refractivity contribution in [1.29, 1.82) is 0 Å². The van der Waals surface area contributed by atoms with Gasteiger partial charge >= 0.3 is 5.97 Å². The number of para-hydroxylation sites is 1. The van der Waals surface area contributed by atoms with Gasteiger partial charge in [0.15, 0.2) is 5.78 Å². The lowest BCUT2D eigenvalue weighted by Crippen LogP contribution is -2.45. The molecule has 1 unspecified atom stereocenters. The van der Waals surface area contributed by atoms with Crippen molar-refractivity contribution in [2.24, 2.45) is 5.92 Å². The highest BCUT2D eigenvalue weighted by Crippen LogP contribution is 2.39. The summed E-state index contributed by atoms with van der Waals surface area (Å²) < 4.78 is 5.97. The molecule has 3 heterocycles. The van der Waals surface area contributed by atoms with Crippen molar-refractivity contribution in [3.63, 3.8) is 0 Å². The van der Waals surface area contributed by atoms with E-state index in [0.29, 0.717) is 32.7 Å². The van der Waals surface area contributed by atoms with Gasteiger partial charge in [-0.1, -0.05) is 41.4 Å². The van der Waals surface area contributed by atoms with Gasteiger partial charge < -0.3 is 14.6 Å². The molecule has 150 valence electrons. The fourth-order valence-corrected chi connectivity index (χ4v) is 5.04. The van der Waals surface area contributed by atoms with Gasteiger partial charge in [-0.05, 0) is 24.1 Å². The van der Waals surface area contributed by atoms with E-state index in [9.17, 15) is 14.4 Å². The maximum Gasteiger partial charge on any atom is 0.325 e. The number of nitrogens with zero attached hydrogens (tertiary/aromatic N) is 1. The molecule has 2 aromatic heterocycles. The normalized spacial score (nSPS) is 16.2. The van der Waals surface area contributed by atoms with Crippen LogP contribution in [0, 0.1) is 5.92 Å². The topological polar surface area (TPSA) is 79.5 Å². The van der Waals surface area contributed by atoms with Gasteiger partial charge in [-0.2, -0.15) is 0 Å². The molecule has 1 amide bonds. The number of benzene rings is 1. The van der Waals surface area contributed by atoms with Crippen LogP contribution in [0.5, 0.6) is 0 Å². The van der Waals surface area contributed by atoms with Gasteiger partial charge in [0.2, 0.25) is 5.91 Å². The Balaban J connectivity index is 1.59. The molecule has 0 spiro atoms. The lowest BCUT2D eigenvalue weighted by Gasteiger charge is -2.33. The van der Waals surface area contributed by atoms with Crippen LogP contribution in [-0.4, -0.2) is 36.3 Å². The molecule has 1 N–H and O–H groups in total. The van der Waals surface area contributed by atoms with Gasteiger partial charge in [0, 0.05) is 18.0 Å². The largest absolute Gasteiger partial charge is 0.468 e. The molecule has 3 aromatic rings. The molecule has 0 fully saturated rings. The quantitative estimate of drug-likeness (QED) is 0.458. The maximum absolute atomic E-state index is 13.0. The molecule has 0 aliphatic carbocycles. The first kappa shape index (κ1) is 19.9. The van der Waals surface area contributed by atoms with E-state index in [-0.39, 0.29) is 24.7 Å². The third kappa shape index (κ3) is 3.66. The number of aromatic amines is 1. The molecule has 1 aromatic carbocycles. The lowest BCUT2D eigenvalue weighted by atomic mass is 9.87. The minimum atomic E-state index is -0.567. The predicted molar refractivity (Wildman–Crippen MR) is 113 cm³/mol. The van der Waals surface area contributed by atoms with Crippen LogP contribution in [0.25, 0.3) is 10.2 Å². The number of hydrogen-bond donors (Lipinski definition) is 1. The van der Waals surface area contributed by atoms with Gasteiger partial charge in [0.1, 0.15) is 10.9 Å². The number of H-pyrrole nitrogens is 1. The van der Waals surface area contributed by atoms with E-state index in [1.165, 1.54) is 23.3 Å². The smallest absolute Gasteiger partial charge is 0.325 e. The van der Waals surface area contributed by atoms with Crippen LogP contribution in [-0.2, 0) is 20.7 Å². The molecule has 1 aliphatic rings. The van der Waals surface area contributed by atoms with E-state index < -0.39 is 11.9 Å². The molecule has 4 rings (SSSR count). The Morgan fingerprint density at radius 3 is 2.79 bits per heavy atom. The number of aromatic nitrogens is 1. The standard InChI is InChI=1S/C20H16Cl2N2O4S/c1-28-16(26)9-24-13-5-3-2-4-10(13)6-11(20(24)27)7-14(25)12-8-15-18(23-12)17(21)19(22)29-15/h2-5,8,11,23H,6-7,9H2,1H3. The van der Waals surface area contributed by atoms with E-state index in [4.69, 9.17) is 27.9 Å². The number of ketones is 1. The van der Waals surface area contributed by atoms with Gasteiger partial charge in [-0.25, -0.2) is 0 Å². The number of rotatable bonds is 5. The summed E-state index contributed by atoms with van der Waals surface area (Å²) in [5.41, 5.74) is 2.60. The molecule has 0 saturated heterocycles. The van der Waals surface area contributed by atoms with E-state index in [1.807, 2.05) is 18.2 Å². The third-order valence-corrected chi connectivity index (χ3v) is 6.92. The highest BCUT2D eigenvalue weighted by atomic mass is 35.5. The van der Waals surface area contributed by atoms with Crippen molar-refractivity contribution in [2.75, 3.05) is 18.6 Å². The molecule has 29 heavy (non-hydrogen) atoms. The Labute approximate surface area is 180 Å². The second-order valence-electron chi connectivity index (χ2n) is 6.77. The second kappa shape index (κ2) is 7.82. The van der Waals surface area contributed by atoms with Crippen LogP contribution in [0.15, 0.2) is 30.3 Å². The van der Waals surface area contributed by atoms with Gasteiger partial charge in [0.25, 0.3) is 0 Å². The first-order chi connectivity index (χ1) is 13.9. The van der Waals surface area contributed by atoms with Crippen molar-refractivity contribution >= 4 is 68.1 Å². The number of methoxy groups -OCH3 is 1. The molecule has 9 heteroatoms. The minimum absolute atomic E-state index is 0.0178. The second-order valence-corrected chi connectivity index (χ2v) is 8.80.